The van der Waals surface area contributed by atoms with Crippen molar-refractivity contribution in [2.75, 3.05) is 6.61 Å². The monoisotopic (exact) mass is 256 g/mol. The Hall–Kier alpha value is -1.19. The van der Waals surface area contributed by atoms with Gasteiger partial charge in [0.25, 0.3) is 0 Å². The van der Waals surface area contributed by atoms with Gasteiger partial charge in [-0.2, -0.15) is 0 Å². The van der Waals surface area contributed by atoms with Crippen LogP contribution in [0.5, 0.6) is 0 Å². The summed E-state index contributed by atoms with van der Waals surface area (Å²) in [5, 5.41) is 0. The number of hydrogen-bond acceptors (Lipinski definition) is 3. The molecule has 1 aliphatic carbocycles. The zero-order valence-corrected chi connectivity index (χ0v) is 10.9. The van der Waals surface area contributed by atoms with Crippen molar-refractivity contribution in [3.8, 4) is 0 Å². The van der Waals surface area contributed by atoms with Crippen molar-refractivity contribution in [2.45, 2.75) is 58.0 Å². The topological polar surface area (TPSA) is 43.4 Å². The van der Waals surface area contributed by atoms with Crippen LogP contribution in [-0.4, -0.2) is 24.5 Å². The van der Waals surface area contributed by atoms with Crippen molar-refractivity contribution < 1.29 is 18.7 Å². The Kier molecular flexibility index (Phi) is 6.61. The van der Waals surface area contributed by atoms with Gasteiger partial charge in [0.2, 0.25) is 0 Å². The SMILES string of the molecule is CCOC(=O)C(F)CCCCCC1=CCCC1=O. The van der Waals surface area contributed by atoms with Crippen LogP contribution in [0.3, 0.4) is 0 Å². The molecule has 0 fully saturated rings. The summed E-state index contributed by atoms with van der Waals surface area (Å²) in [5.74, 6) is -0.504. The fourth-order valence-corrected chi connectivity index (χ4v) is 2.06. The van der Waals surface area contributed by atoms with Gasteiger partial charge >= 0.3 is 5.97 Å². The summed E-state index contributed by atoms with van der Waals surface area (Å²) in [7, 11) is 0. The molecule has 0 bridgehead atoms. The molecule has 3 nitrogen and oxygen atoms in total. The minimum Gasteiger partial charge on any atom is -0.464 e. The van der Waals surface area contributed by atoms with Crippen molar-refractivity contribution in [1.29, 1.82) is 0 Å². The van der Waals surface area contributed by atoms with Gasteiger partial charge in [0, 0.05) is 6.42 Å². The lowest BCUT2D eigenvalue weighted by Gasteiger charge is -2.07. The Labute approximate surface area is 107 Å². The highest BCUT2D eigenvalue weighted by Gasteiger charge is 2.18. The molecule has 0 aliphatic heterocycles. The van der Waals surface area contributed by atoms with Crippen molar-refractivity contribution in [3.05, 3.63) is 11.6 Å². The normalized spacial score (nSPS) is 16.6. The lowest BCUT2D eigenvalue weighted by atomic mass is 10.0. The molecule has 0 radical (unpaired) electrons. The van der Waals surface area contributed by atoms with E-state index in [-0.39, 0.29) is 18.8 Å². The molecule has 0 saturated heterocycles. The van der Waals surface area contributed by atoms with Gasteiger partial charge in [-0.15, -0.1) is 0 Å². The molecule has 0 N–H and O–H groups in total. The van der Waals surface area contributed by atoms with Crippen LogP contribution in [0.2, 0.25) is 0 Å². The van der Waals surface area contributed by atoms with Gasteiger partial charge in [-0.3, -0.25) is 4.79 Å². The van der Waals surface area contributed by atoms with E-state index in [4.69, 9.17) is 0 Å². The van der Waals surface area contributed by atoms with Crippen LogP contribution in [-0.2, 0) is 14.3 Å². The van der Waals surface area contributed by atoms with E-state index in [9.17, 15) is 14.0 Å². The summed E-state index contributed by atoms with van der Waals surface area (Å²) in [6.07, 6.45) is 5.38. The number of allylic oxidation sites excluding steroid dienone is 2. The van der Waals surface area contributed by atoms with Crippen molar-refractivity contribution in [2.24, 2.45) is 0 Å². The smallest absolute Gasteiger partial charge is 0.340 e. The van der Waals surface area contributed by atoms with Crippen LogP contribution in [0.25, 0.3) is 0 Å². The molecule has 4 heteroatoms. The molecule has 0 heterocycles. The lowest BCUT2D eigenvalue weighted by molar-refractivity contribution is -0.149. The van der Waals surface area contributed by atoms with E-state index < -0.39 is 12.1 Å². The number of carbonyl (C=O) groups excluding carboxylic acids is 2. The van der Waals surface area contributed by atoms with Gasteiger partial charge in [-0.1, -0.05) is 12.5 Å². The predicted molar refractivity (Wildman–Crippen MR) is 66.9 cm³/mol. The van der Waals surface area contributed by atoms with Gasteiger partial charge in [0.05, 0.1) is 6.61 Å². The molecular weight excluding hydrogens is 235 g/mol. The molecule has 18 heavy (non-hydrogen) atoms. The van der Waals surface area contributed by atoms with Gasteiger partial charge in [0.15, 0.2) is 12.0 Å². The first-order valence-corrected chi connectivity index (χ1v) is 6.68. The number of ether oxygens (including phenoxy) is 1. The van der Waals surface area contributed by atoms with Crippen LogP contribution >= 0.6 is 0 Å². The largest absolute Gasteiger partial charge is 0.464 e. The zero-order valence-electron chi connectivity index (χ0n) is 10.9. The Balaban J connectivity index is 2.05. The summed E-state index contributed by atoms with van der Waals surface area (Å²) in [4.78, 5) is 22.3. The van der Waals surface area contributed by atoms with Gasteiger partial charge in [-0.25, -0.2) is 9.18 Å². The lowest BCUT2D eigenvalue weighted by Crippen LogP contribution is -2.18. The number of carbonyl (C=O) groups is 2. The average Bonchev–Trinajstić information content (AvgIpc) is 2.74. The maximum absolute atomic E-state index is 13.2. The molecule has 0 amide bonds. The van der Waals surface area contributed by atoms with E-state index in [0.29, 0.717) is 12.8 Å². The van der Waals surface area contributed by atoms with Crippen molar-refractivity contribution in [3.63, 3.8) is 0 Å². The van der Waals surface area contributed by atoms with Crippen molar-refractivity contribution in [1.82, 2.24) is 0 Å². The third-order valence-electron chi connectivity index (χ3n) is 3.07. The minimum atomic E-state index is -1.50. The highest BCUT2D eigenvalue weighted by atomic mass is 19.1. The second-order valence-electron chi connectivity index (χ2n) is 4.51. The molecule has 102 valence electrons. The Morgan fingerprint density at radius 2 is 2.22 bits per heavy atom. The number of halogens is 1. The maximum Gasteiger partial charge on any atom is 0.340 e. The number of hydrogen-bond donors (Lipinski definition) is 0. The summed E-state index contributed by atoms with van der Waals surface area (Å²) in [6, 6.07) is 0. The number of esters is 1. The second kappa shape index (κ2) is 8.01. The summed E-state index contributed by atoms with van der Waals surface area (Å²) < 4.78 is 17.8. The van der Waals surface area contributed by atoms with E-state index in [0.717, 1.165) is 31.3 Å². The van der Waals surface area contributed by atoms with Crippen LogP contribution in [0.1, 0.15) is 51.9 Å². The Morgan fingerprint density at radius 3 is 2.83 bits per heavy atom. The maximum atomic E-state index is 13.2. The second-order valence-corrected chi connectivity index (χ2v) is 4.51. The standard InChI is InChI=1S/C14H21FO3/c1-2-18-14(17)12(15)9-5-3-4-7-11-8-6-10-13(11)16/h8,12H,2-7,9-10H2,1H3. The van der Waals surface area contributed by atoms with E-state index in [1.807, 2.05) is 6.08 Å². The highest BCUT2D eigenvalue weighted by Crippen LogP contribution is 2.20. The third kappa shape index (κ3) is 4.98. The molecule has 1 rings (SSSR count). The molecule has 1 aliphatic rings. The average molecular weight is 256 g/mol. The Morgan fingerprint density at radius 1 is 1.44 bits per heavy atom. The van der Waals surface area contributed by atoms with Crippen LogP contribution < -0.4 is 0 Å². The van der Waals surface area contributed by atoms with E-state index in [1.54, 1.807) is 6.92 Å². The van der Waals surface area contributed by atoms with Gasteiger partial charge in [0.1, 0.15) is 0 Å². The predicted octanol–water partition coefficient (Wildman–Crippen LogP) is 3.13. The third-order valence-corrected chi connectivity index (χ3v) is 3.07. The molecule has 0 aromatic rings. The fourth-order valence-electron chi connectivity index (χ4n) is 2.06. The number of Topliss-reactive ketones (excluding diaryl/α,β-unsaturated/α-hetero) is 1. The Bertz CT molecular complexity index is 323. The quantitative estimate of drug-likeness (QED) is 0.495. The number of unbranched alkanes of at least 4 members (excludes halogenated alkanes) is 2. The first kappa shape index (κ1) is 14.9. The van der Waals surface area contributed by atoms with Gasteiger partial charge < -0.3 is 4.74 Å². The fraction of sp³-hybridized carbons (Fsp3) is 0.714. The number of ketones is 1. The molecule has 0 aromatic heterocycles. The molecule has 0 aromatic carbocycles. The first-order chi connectivity index (χ1) is 8.65. The minimum absolute atomic E-state index is 0.214. The van der Waals surface area contributed by atoms with E-state index in [2.05, 4.69) is 4.74 Å². The number of rotatable bonds is 8. The molecule has 0 spiro atoms. The van der Waals surface area contributed by atoms with Crippen molar-refractivity contribution >= 4 is 11.8 Å². The molecule has 1 unspecified atom stereocenters. The van der Waals surface area contributed by atoms with E-state index in [1.165, 1.54) is 0 Å². The highest BCUT2D eigenvalue weighted by molar-refractivity contribution is 5.97. The molecular formula is C14H21FO3. The summed E-state index contributed by atoms with van der Waals surface area (Å²) >= 11 is 0. The zero-order chi connectivity index (χ0) is 13.4. The van der Waals surface area contributed by atoms with Crippen LogP contribution in [0.15, 0.2) is 11.6 Å². The summed E-state index contributed by atoms with van der Waals surface area (Å²) in [6.45, 7) is 1.88. The van der Waals surface area contributed by atoms with Gasteiger partial charge in [-0.05, 0) is 44.6 Å². The molecule has 1 atom stereocenters. The first-order valence-electron chi connectivity index (χ1n) is 6.68. The number of alkyl halides is 1. The molecule has 0 saturated carbocycles. The summed E-state index contributed by atoms with van der Waals surface area (Å²) in [5.41, 5.74) is 0.928. The van der Waals surface area contributed by atoms with Crippen LogP contribution in [0.4, 0.5) is 4.39 Å². The van der Waals surface area contributed by atoms with Crippen LogP contribution in [0, 0.1) is 0 Å². The van der Waals surface area contributed by atoms with E-state index >= 15 is 0 Å².